The summed E-state index contributed by atoms with van der Waals surface area (Å²) in [6.07, 6.45) is 2.23. The molecule has 2 atom stereocenters. The van der Waals surface area contributed by atoms with Crippen LogP contribution in [0.5, 0.6) is 5.75 Å². The Labute approximate surface area is 183 Å². The summed E-state index contributed by atoms with van der Waals surface area (Å²) in [6, 6.07) is 15.6. The molecule has 6 heteroatoms. The number of carbonyl (C=O) groups is 1. The van der Waals surface area contributed by atoms with Crippen LogP contribution in [0, 0.1) is 5.92 Å². The summed E-state index contributed by atoms with van der Waals surface area (Å²) in [6.45, 7) is 5.43. The zero-order valence-corrected chi connectivity index (χ0v) is 18.5. The fourth-order valence-corrected chi connectivity index (χ4v) is 4.39. The Bertz CT molecular complexity index is 989. The highest BCUT2D eigenvalue weighted by molar-refractivity contribution is 5.89. The quantitative estimate of drug-likeness (QED) is 0.588. The Morgan fingerprint density at radius 3 is 2.55 bits per heavy atom. The molecule has 31 heavy (non-hydrogen) atoms. The Morgan fingerprint density at radius 2 is 1.90 bits per heavy atom. The first-order valence-electron chi connectivity index (χ1n) is 11.1. The first kappa shape index (κ1) is 21.4. The maximum Gasteiger partial charge on any atom is 0.231 e. The number of aromatic nitrogens is 2. The van der Waals surface area contributed by atoms with E-state index in [1.165, 1.54) is 0 Å². The van der Waals surface area contributed by atoms with Gasteiger partial charge in [0.1, 0.15) is 11.6 Å². The van der Waals surface area contributed by atoms with E-state index in [1.807, 2.05) is 48.5 Å². The Hall–Kier alpha value is -2.86. The topological polar surface area (TPSA) is 76.2 Å². The molecule has 2 N–H and O–H groups in total. The summed E-state index contributed by atoms with van der Waals surface area (Å²) in [4.78, 5) is 22.1. The lowest BCUT2D eigenvalue weighted by molar-refractivity contribution is -0.131. The van der Waals surface area contributed by atoms with E-state index < -0.39 is 5.41 Å². The van der Waals surface area contributed by atoms with Gasteiger partial charge in [0.05, 0.1) is 29.6 Å². The Morgan fingerprint density at radius 1 is 1.19 bits per heavy atom. The van der Waals surface area contributed by atoms with Gasteiger partial charge in [-0.15, -0.1) is 0 Å². The number of rotatable bonds is 7. The number of H-pyrrole nitrogens is 1. The number of nitrogens with zero attached hydrogens (tertiary/aromatic N) is 1. The second-order valence-electron chi connectivity index (χ2n) is 8.40. The standard InChI is InChI=1S/C25H31N3O3/c1-4-17(2)22(23-26-20-7-5-6-8-21(20)27-23)28-24(29)25(13-15-31-16-14-25)18-9-11-19(30-3)12-10-18/h5-12,17,22H,4,13-16H2,1-3H3,(H,26,27)(H,28,29)/t17-,22+/m0/s1. The van der Waals surface area contributed by atoms with Crippen LogP contribution in [0.1, 0.15) is 50.5 Å². The second-order valence-corrected chi connectivity index (χ2v) is 8.40. The highest BCUT2D eigenvalue weighted by Gasteiger charge is 2.43. The van der Waals surface area contributed by atoms with Gasteiger partial charge in [0.2, 0.25) is 5.91 Å². The minimum absolute atomic E-state index is 0.0340. The van der Waals surface area contributed by atoms with Crippen molar-refractivity contribution in [1.29, 1.82) is 0 Å². The minimum atomic E-state index is -0.623. The molecule has 0 unspecified atom stereocenters. The molecular formula is C25H31N3O3. The van der Waals surface area contributed by atoms with Crippen LogP contribution in [0.4, 0.5) is 0 Å². The molecule has 1 amide bonds. The van der Waals surface area contributed by atoms with Gasteiger partial charge in [-0.1, -0.05) is 44.5 Å². The smallest absolute Gasteiger partial charge is 0.231 e. The maximum absolute atomic E-state index is 13.9. The van der Waals surface area contributed by atoms with Crippen molar-refractivity contribution in [2.45, 2.75) is 44.6 Å². The average Bonchev–Trinajstić information content (AvgIpc) is 3.26. The molecule has 1 aromatic heterocycles. The van der Waals surface area contributed by atoms with E-state index in [2.05, 4.69) is 24.1 Å². The SMILES string of the molecule is CC[C@H](C)[C@@H](NC(=O)C1(c2ccc(OC)cc2)CCOCC1)c1nc2ccccc2[nH]1. The summed E-state index contributed by atoms with van der Waals surface area (Å²) in [5.74, 6) is 1.86. The summed E-state index contributed by atoms with van der Waals surface area (Å²) in [5.41, 5.74) is 2.27. The van der Waals surface area contributed by atoms with Gasteiger partial charge in [0.25, 0.3) is 0 Å². The molecular weight excluding hydrogens is 390 g/mol. The molecule has 3 aromatic rings. The van der Waals surface area contributed by atoms with Crippen molar-refractivity contribution in [2.75, 3.05) is 20.3 Å². The van der Waals surface area contributed by atoms with Gasteiger partial charge in [0.15, 0.2) is 0 Å². The van der Waals surface area contributed by atoms with Crippen LogP contribution in [0.15, 0.2) is 48.5 Å². The van der Waals surface area contributed by atoms with E-state index in [0.29, 0.717) is 26.1 Å². The zero-order chi connectivity index (χ0) is 21.8. The predicted molar refractivity (Wildman–Crippen MR) is 121 cm³/mol. The second kappa shape index (κ2) is 9.10. The number of fused-ring (bicyclic) bond motifs is 1. The van der Waals surface area contributed by atoms with Gasteiger partial charge in [-0.2, -0.15) is 0 Å². The fraction of sp³-hybridized carbons (Fsp3) is 0.440. The van der Waals surface area contributed by atoms with Crippen molar-refractivity contribution >= 4 is 16.9 Å². The Kier molecular flexibility index (Phi) is 6.28. The molecule has 0 saturated carbocycles. The van der Waals surface area contributed by atoms with Crippen LogP contribution >= 0.6 is 0 Å². The van der Waals surface area contributed by atoms with Crippen molar-refractivity contribution in [3.63, 3.8) is 0 Å². The zero-order valence-electron chi connectivity index (χ0n) is 18.5. The lowest BCUT2D eigenvalue weighted by Gasteiger charge is -2.38. The third-order valence-corrected chi connectivity index (χ3v) is 6.63. The van der Waals surface area contributed by atoms with Gasteiger partial charge >= 0.3 is 0 Å². The average molecular weight is 422 g/mol. The van der Waals surface area contributed by atoms with Crippen LogP contribution in [0.2, 0.25) is 0 Å². The first-order valence-corrected chi connectivity index (χ1v) is 11.1. The molecule has 6 nitrogen and oxygen atoms in total. The summed E-state index contributed by atoms with van der Waals surface area (Å²) in [7, 11) is 1.65. The number of ether oxygens (including phenoxy) is 2. The third-order valence-electron chi connectivity index (χ3n) is 6.63. The van der Waals surface area contributed by atoms with Gasteiger partial charge in [-0.3, -0.25) is 4.79 Å². The van der Waals surface area contributed by atoms with Crippen LogP contribution in [-0.4, -0.2) is 36.2 Å². The minimum Gasteiger partial charge on any atom is -0.497 e. The normalized spacial score (nSPS) is 17.8. The van der Waals surface area contributed by atoms with Gasteiger partial charge < -0.3 is 19.8 Å². The van der Waals surface area contributed by atoms with Gasteiger partial charge in [-0.05, 0) is 48.6 Å². The lowest BCUT2D eigenvalue weighted by atomic mass is 9.73. The maximum atomic E-state index is 13.9. The Balaban J connectivity index is 1.67. The van der Waals surface area contributed by atoms with Crippen LogP contribution in [0.25, 0.3) is 11.0 Å². The molecule has 1 aliphatic rings. The molecule has 1 saturated heterocycles. The van der Waals surface area contributed by atoms with Crippen molar-refractivity contribution in [1.82, 2.24) is 15.3 Å². The van der Waals surface area contributed by atoms with E-state index in [1.54, 1.807) is 7.11 Å². The lowest BCUT2D eigenvalue weighted by Crippen LogP contribution is -2.50. The first-order chi connectivity index (χ1) is 15.1. The van der Waals surface area contributed by atoms with Gasteiger partial charge in [0, 0.05) is 13.2 Å². The number of methoxy groups -OCH3 is 1. The molecule has 0 spiro atoms. The molecule has 0 aliphatic carbocycles. The van der Waals surface area contributed by atoms with Crippen LogP contribution < -0.4 is 10.1 Å². The van der Waals surface area contributed by atoms with Crippen molar-refractivity contribution in [3.05, 3.63) is 59.9 Å². The molecule has 1 aliphatic heterocycles. The highest BCUT2D eigenvalue weighted by Crippen LogP contribution is 2.37. The number of hydrogen-bond acceptors (Lipinski definition) is 4. The predicted octanol–water partition coefficient (Wildman–Crippen LogP) is 4.52. The number of carbonyl (C=O) groups excluding carboxylic acids is 1. The molecule has 164 valence electrons. The summed E-state index contributed by atoms with van der Waals surface area (Å²) < 4.78 is 10.9. The van der Waals surface area contributed by atoms with Gasteiger partial charge in [-0.25, -0.2) is 4.98 Å². The number of hydrogen-bond donors (Lipinski definition) is 2. The molecule has 2 heterocycles. The van der Waals surface area contributed by atoms with Crippen LogP contribution in [-0.2, 0) is 14.9 Å². The van der Waals surface area contributed by atoms with E-state index in [9.17, 15) is 4.79 Å². The molecule has 2 aromatic carbocycles. The van der Waals surface area contributed by atoms with E-state index in [0.717, 1.165) is 34.6 Å². The number of amides is 1. The van der Waals surface area contributed by atoms with E-state index >= 15 is 0 Å². The highest BCUT2D eigenvalue weighted by atomic mass is 16.5. The number of imidazole rings is 1. The molecule has 1 fully saturated rings. The third kappa shape index (κ3) is 4.17. The fourth-order valence-electron chi connectivity index (χ4n) is 4.39. The van der Waals surface area contributed by atoms with Crippen molar-refractivity contribution in [2.24, 2.45) is 5.92 Å². The number of aromatic amines is 1. The number of para-hydroxylation sites is 2. The molecule has 0 radical (unpaired) electrons. The van der Waals surface area contributed by atoms with Crippen LogP contribution in [0.3, 0.4) is 0 Å². The molecule has 0 bridgehead atoms. The summed E-state index contributed by atoms with van der Waals surface area (Å²) >= 11 is 0. The summed E-state index contributed by atoms with van der Waals surface area (Å²) in [5, 5.41) is 3.36. The number of benzene rings is 2. The molecule has 4 rings (SSSR count). The monoisotopic (exact) mass is 421 g/mol. The number of nitrogens with one attached hydrogen (secondary N) is 2. The van der Waals surface area contributed by atoms with Crippen molar-refractivity contribution in [3.8, 4) is 5.75 Å². The van der Waals surface area contributed by atoms with E-state index in [-0.39, 0.29) is 17.9 Å². The van der Waals surface area contributed by atoms with E-state index in [4.69, 9.17) is 14.5 Å². The van der Waals surface area contributed by atoms with Crippen molar-refractivity contribution < 1.29 is 14.3 Å². The largest absolute Gasteiger partial charge is 0.497 e.